The molecule has 1 fully saturated rings. The predicted octanol–water partition coefficient (Wildman–Crippen LogP) is 4.52. The Bertz CT molecular complexity index is 697. The second-order valence-corrected chi connectivity index (χ2v) is 7.67. The molecule has 1 unspecified atom stereocenters. The zero-order valence-electron chi connectivity index (χ0n) is 14.4. The van der Waals surface area contributed by atoms with Crippen LogP contribution in [0.5, 0.6) is 0 Å². The van der Waals surface area contributed by atoms with E-state index >= 15 is 0 Å². The molecule has 2 heterocycles. The Morgan fingerprint density at radius 2 is 1.91 bits per heavy atom. The standard InChI is InChI=1S/C20H26N2O/c1-20(2,3)16-9-6-13-22(14-11-16)19(23)17-10-4-7-15-8-5-12-21-18(15)17/h4-5,7-8,10,12,16H,6,9,11,13-14H2,1-3H3. The van der Waals surface area contributed by atoms with E-state index in [0.717, 1.165) is 42.4 Å². The van der Waals surface area contributed by atoms with Gasteiger partial charge in [-0.2, -0.15) is 0 Å². The number of aromatic nitrogens is 1. The van der Waals surface area contributed by atoms with Crippen molar-refractivity contribution in [1.29, 1.82) is 0 Å². The maximum absolute atomic E-state index is 13.0. The summed E-state index contributed by atoms with van der Waals surface area (Å²) in [5.74, 6) is 0.815. The molecule has 122 valence electrons. The molecular formula is C20H26N2O. The minimum atomic E-state index is 0.129. The first-order valence-electron chi connectivity index (χ1n) is 8.60. The first-order chi connectivity index (χ1) is 11.0. The molecule has 0 bridgehead atoms. The number of hydrogen-bond donors (Lipinski definition) is 0. The summed E-state index contributed by atoms with van der Waals surface area (Å²) in [5.41, 5.74) is 1.87. The van der Waals surface area contributed by atoms with E-state index in [0.29, 0.717) is 11.3 Å². The maximum Gasteiger partial charge on any atom is 0.256 e. The normalized spacial score (nSPS) is 19.6. The van der Waals surface area contributed by atoms with Crippen LogP contribution in [0.4, 0.5) is 0 Å². The van der Waals surface area contributed by atoms with Gasteiger partial charge in [-0.15, -0.1) is 0 Å². The van der Waals surface area contributed by atoms with Gasteiger partial charge < -0.3 is 4.90 Å². The fraction of sp³-hybridized carbons (Fsp3) is 0.500. The minimum absolute atomic E-state index is 0.129. The molecule has 1 aliphatic rings. The largest absolute Gasteiger partial charge is 0.339 e. The third-order valence-electron chi connectivity index (χ3n) is 5.10. The van der Waals surface area contributed by atoms with Gasteiger partial charge in [-0.25, -0.2) is 0 Å². The highest BCUT2D eigenvalue weighted by atomic mass is 16.2. The topological polar surface area (TPSA) is 33.2 Å². The van der Waals surface area contributed by atoms with Crippen molar-refractivity contribution in [3.8, 4) is 0 Å². The Morgan fingerprint density at radius 1 is 1.13 bits per heavy atom. The molecule has 1 saturated heterocycles. The van der Waals surface area contributed by atoms with E-state index in [-0.39, 0.29) is 5.91 Å². The number of fused-ring (bicyclic) bond motifs is 1. The van der Waals surface area contributed by atoms with Gasteiger partial charge in [0.25, 0.3) is 5.91 Å². The van der Waals surface area contributed by atoms with Gasteiger partial charge in [-0.3, -0.25) is 9.78 Å². The van der Waals surface area contributed by atoms with E-state index < -0.39 is 0 Å². The molecule has 23 heavy (non-hydrogen) atoms. The quantitative estimate of drug-likeness (QED) is 0.775. The van der Waals surface area contributed by atoms with Crippen LogP contribution in [0, 0.1) is 11.3 Å². The van der Waals surface area contributed by atoms with Crippen LogP contribution >= 0.6 is 0 Å². The Labute approximate surface area is 138 Å². The first-order valence-corrected chi connectivity index (χ1v) is 8.60. The van der Waals surface area contributed by atoms with Crippen molar-refractivity contribution in [2.45, 2.75) is 40.0 Å². The number of rotatable bonds is 1. The highest BCUT2D eigenvalue weighted by molar-refractivity contribution is 6.05. The highest BCUT2D eigenvalue weighted by Crippen LogP contribution is 2.34. The van der Waals surface area contributed by atoms with Crippen LogP contribution in [0.3, 0.4) is 0 Å². The van der Waals surface area contributed by atoms with Gasteiger partial charge in [0.05, 0.1) is 11.1 Å². The molecule has 0 N–H and O–H groups in total. The number of likely N-dealkylation sites (tertiary alicyclic amines) is 1. The molecule has 3 heteroatoms. The van der Waals surface area contributed by atoms with Crippen LogP contribution < -0.4 is 0 Å². The molecule has 3 rings (SSSR count). The summed E-state index contributed by atoms with van der Waals surface area (Å²) in [6.45, 7) is 8.63. The molecule has 2 aromatic rings. The van der Waals surface area contributed by atoms with E-state index in [1.165, 1.54) is 6.42 Å². The van der Waals surface area contributed by atoms with Gasteiger partial charge in [-0.1, -0.05) is 39.0 Å². The smallest absolute Gasteiger partial charge is 0.256 e. The molecule has 1 aromatic carbocycles. The lowest BCUT2D eigenvalue weighted by Gasteiger charge is -2.29. The third-order valence-corrected chi connectivity index (χ3v) is 5.10. The Hall–Kier alpha value is -1.90. The third kappa shape index (κ3) is 3.39. The number of carbonyl (C=O) groups is 1. The summed E-state index contributed by atoms with van der Waals surface area (Å²) < 4.78 is 0. The van der Waals surface area contributed by atoms with Crippen LogP contribution in [0.2, 0.25) is 0 Å². The van der Waals surface area contributed by atoms with Gasteiger partial charge >= 0.3 is 0 Å². The summed E-state index contributed by atoms with van der Waals surface area (Å²) in [4.78, 5) is 19.5. The zero-order valence-corrected chi connectivity index (χ0v) is 14.4. The SMILES string of the molecule is CC(C)(C)C1CCCN(C(=O)c2cccc3cccnc23)CC1. The van der Waals surface area contributed by atoms with Crippen molar-refractivity contribution in [2.75, 3.05) is 13.1 Å². The zero-order chi connectivity index (χ0) is 16.4. The van der Waals surface area contributed by atoms with E-state index in [4.69, 9.17) is 0 Å². The molecule has 1 atom stereocenters. The van der Waals surface area contributed by atoms with Gasteiger partial charge in [0.2, 0.25) is 0 Å². The fourth-order valence-electron chi connectivity index (χ4n) is 3.61. The van der Waals surface area contributed by atoms with E-state index in [9.17, 15) is 4.79 Å². The van der Waals surface area contributed by atoms with Crippen LogP contribution in [-0.2, 0) is 0 Å². The molecule has 1 aliphatic heterocycles. The van der Waals surface area contributed by atoms with Gasteiger partial charge in [0, 0.05) is 24.7 Å². The molecule has 0 saturated carbocycles. The van der Waals surface area contributed by atoms with Crippen molar-refractivity contribution in [3.63, 3.8) is 0 Å². The van der Waals surface area contributed by atoms with Crippen LogP contribution in [0.25, 0.3) is 10.9 Å². The predicted molar refractivity (Wildman–Crippen MR) is 94.4 cm³/mol. The molecular weight excluding hydrogens is 284 g/mol. The first kappa shape index (κ1) is 16.0. The van der Waals surface area contributed by atoms with Crippen molar-refractivity contribution in [2.24, 2.45) is 11.3 Å². The number of carbonyl (C=O) groups excluding carboxylic acids is 1. The average Bonchev–Trinajstić information content (AvgIpc) is 2.79. The molecule has 0 spiro atoms. The van der Waals surface area contributed by atoms with Crippen LogP contribution in [0.1, 0.15) is 50.4 Å². The van der Waals surface area contributed by atoms with E-state index in [1.807, 2.05) is 35.2 Å². The van der Waals surface area contributed by atoms with Crippen molar-refractivity contribution in [3.05, 3.63) is 42.1 Å². The monoisotopic (exact) mass is 310 g/mol. The second-order valence-electron chi connectivity index (χ2n) is 7.67. The molecule has 0 aliphatic carbocycles. The van der Waals surface area contributed by atoms with Crippen molar-refractivity contribution >= 4 is 16.8 Å². The lowest BCUT2D eigenvalue weighted by molar-refractivity contribution is 0.0757. The summed E-state index contributed by atoms with van der Waals surface area (Å²) in [6, 6.07) is 9.79. The molecule has 0 radical (unpaired) electrons. The number of benzene rings is 1. The van der Waals surface area contributed by atoms with Gasteiger partial charge in [0.15, 0.2) is 0 Å². The minimum Gasteiger partial charge on any atom is -0.339 e. The number of pyridine rings is 1. The summed E-state index contributed by atoms with van der Waals surface area (Å²) in [7, 11) is 0. The summed E-state index contributed by atoms with van der Waals surface area (Å²) in [6.07, 6.45) is 5.15. The highest BCUT2D eigenvalue weighted by Gasteiger charge is 2.29. The Balaban J connectivity index is 1.83. The summed E-state index contributed by atoms with van der Waals surface area (Å²) in [5, 5.41) is 1.03. The molecule has 3 nitrogen and oxygen atoms in total. The number of nitrogens with zero attached hydrogens (tertiary/aromatic N) is 2. The second kappa shape index (κ2) is 6.31. The number of hydrogen-bond acceptors (Lipinski definition) is 2. The number of para-hydroxylation sites is 1. The maximum atomic E-state index is 13.0. The summed E-state index contributed by atoms with van der Waals surface area (Å²) >= 11 is 0. The average molecular weight is 310 g/mol. The molecule has 1 aromatic heterocycles. The fourth-order valence-corrected chi connectivity index (χ4v) is 3.61. The van der Waals surface area contributed by atoms with Crippen molar-refractivity contribution in [1.82, 2.24) is 9.88 Å². The van der Waals surface area contributed by atoms with Gasteiger partial charge in [-0.05, 0) is 42.7 Å². The van der Waals surface area contributed by atoms with E-state index in [2.05, 4.69) is 25.8 Å². The van der Waals surface area contributed by atoms with Crippen LogP contribution in [-0.4, -0.2) is 28.9 Å². The lowest BCUT2D eigenvalue weighted by Crippen LogP contribution is -2.32. The van der Waals surface area contributed by atoms with Crippen LogP contribution in [0.15, 0.2) is 36.5 Å². The van der Waals surface area contributed by atoms with Crippen molar-refractivity contribution < 1.29 is 4.79 Å². The lowest BCUT2D eigenvalue weighted by atomic mass is 9.77. The van der Waals surface area contributed by atoms with E-state index in [1.54, 1.807) is 6.20 Å². The molecule has 1 amide bonds. The Kier molecular flexibility index (Phi) is 4.38. The number of amides is 1. The Morgan fingerprint density at radius 3 is 2.70 bits per heavy atom. The van der Waals surface area contributed by atoms with Gasteiger partial charge in [0.1, 0.15) is 0 Å².